The smallest absolute Gasteiger partial charge is 0.352 e. The number of carbonyl (C=O) groups excluding carboxylic acids is 4. The molecule has 3 amide bonds. The second kappa shape index (κ2) is 12.1. The van der Waals surface area contributed by atoms with Crippen LogP contribution in [0, 0.1) is 0 Å². The van der Waals surface area contributed by atoms with E-state index in [1.165, 1.54) is 43.3 Å². The lowest BCUT2D eigenvalue weighted by Gasteiger charge is -2.49. The zero-order valence-electron chi connectivity index (χ0n) is 21.4. The van der Waals surface area contributed by atoms with Crippen molar-refractivity contribution in [2.75, 3.05) is 12.4 Å². The first-order valence-electron chi connectivity index (χ1n) is 12.1. The minimum Gasteiger partial charge on any atom is -0.477 e. The summed E-state index contributed by atoms with van der Waals surface area (Å²) in [7, 11) is -4.94. The summed E-state index contributed by atoms with van der Waals surface area (Å²) in [6.45, 7) is 0.857. The molecule has 2 aromatic carbocycles. The highest BCUT2D eigenvalue weighted by atomic mass is 32.2. The van der Waals surface area contributed by atoms with E-state index >= 15 is 0 Å². The summed E-state index contributed by atoms with van der Waals surface area (Å²) in [5.74, 6) is -4.68. The second-order valence-corrected chi connectivity index (χ2v) is 11.7. The Morgan fingerprint density at radius 1 is 1.02 bits per heavy atom. The van der Waals surface area contributed by atoms with Crippen LogP contribution in [0.4, 0.5) is 0 Å². The number of β-lactam (4-membered cyclic amide) rings is 1. The summed E-state index contributed by atoms with van der Waals surface area (Å²) in [5.41, 5.74) is 0.117. The highest BCUT2D eigenvalue weighted by Crippen LogP contribution is 2.40. The molecule has 2 aromatic rings. The van der Waals surface area contributed by atoms with Crippen LogP contribution >= 0.6 is 11.8 Å². The lowest BCUT2D eigenvalue weighted by atomic mass is 10.0. The number of fused-ring (bicyclic) bond motifs is 1. The summed E-state index contributed by atoms with van der Waals surface area (Å²) in [5, 5.41) is 11.8. The van der Waals surface area contributed by atoms with Crippen molar-refractivity contribution >= 4 is 51.5 Å². The fourth-order valence-electron chi connectivity index (χ4n) is 4.47. The number of carbonyl (C=O) groups is 5. The fourth-order valence-corrected chi connectivity index (χ4v) is 6.64. The molecule has 216 valence electrons. The van der Waals surface area contributed by atoms with Gasteiger partial charge in [-0.3, -0.25) is 28.6 Å². The van der Waals surface area contributed by atoms with E-state index in [-0.39, 0.29) is 34.8 Å². The summed E-state index contributed by atoms with van der Waals surface area (Å²) < 4.78 is 39.0. The van der Waals surface area contributed by atoms with Gasteiger partial charge in [0, 0.05) is 18.2 Å². The molecule has 15 heteroatoms. The molecule has 4 atom stereocenters. The number of ether oxygens (including phenoxy) is 1. The predicted octanol–water partition coefficient (Wildman–Crippen LogP) is 0.775. The van der Waals surface area contributed by atoms with Crippen molar-refractivity contribution in [3.05, 3.63) is 83.1 Å². The van der Waals surface area contributed by atoms with Crippen LogP contribution < -0.4 is 10.6 Å². The van der Waals surface area contributed by atoms with Gasteiger partial charge in [-0.2, -0.15) is 8.42 Å². The number of carboxylic acids is 1. The number of hydrogen-bond acceptors (Lipinski definition) is 9. The fraction of sp³-hybridized carbons (Fsp3) is 0.269. The molecule has 13 nitrogen and oxygen atoms in total. The summed E-state index contributed by atoms with van der Waals surface area (Å²) >= 11 is 1.15. The molecule has 1 unspecified atom stereocenters. The van der Waals surface area contributed by atoms with Gasteiger partial charge in [0.25, 0.3) is 16.0 Å². The average molecular weight is 604 g/mol. The molecular weight excluding hydrogens is 578 g/mol. The third-order valence-electron chi connectivity index (χ3n) is 6.32. The van der Waals surface area contributed by atoms with Crippen LogP contribution in [-0.2, 0) is 38.8 Å². The standard InChI is InChI=1S/C26H25N3O10S2/c1-14(30)39-12-17-13-40-25-19(24(33)29(25)20(17)26(34)35)28-22(31)18(15-8-4-2-5-9-15)27-23(32)21(41(36,37)38)16-10-6-3-7-11-16/h2-11,18-19,21,25H,12-13H2,1H3,(H,27,32)(H,28,31)(H,34,35)(H,36,37,38)/t18-,19+,21?,25+/m0/s1. The van der Waals surface area contributed by atoms with E-state index in [9.17, 15) is 42.0 Å². The lowest BCUT2D eigenvalue weighted by Crippen LogP contribution is -2.71. The Bertz CT molecular complexity index is 1510. The van der Waals surface area contributed by atoms with Gasteiger partial charge in [0.2, 0.25) is 11.8 Å². The van der Waals surface area contributed by atoms with Gasteiger partial charge < -0.3 is 20.5 Å². The zero-order valence-corrected chi connectivity index (χ0v) is 23.1. The van der Waals surface area contributed by atoms with Gasteiger partial charge in [0.05, 0.1) is 0 Å². The normalized spacial score (nSPS) is 19.8. The number of thioether (sulfide) groups is 1. The van der Waals surface area contributed by atoms with E-state index in [0.717, 1.165) is 16.7 Å². The maximum atomic E-state index is 13.5. The Morgan fingerprint density at radius 3 is 2.15 bits per heavy atom. The van der Waals surface area contributed by atoms with E-state index in [0.29, 0.717) is 0 Å². The third kappa shape index (κ3) is 6.42. The number of nitrogens with one attached hydrogen (secondary N) is 2. The van der Waals surface area contributed by atoms with Crippen molar-refractivity contribution < 1.29 is 46.8 Å². The zero-order chi connectivity index (χ0) is 29.9. The number of aliphatic carboxylic acids is 1. The number of hydrogen-bond donors (Lipinski definition) is 4. The number of carboxylic acid groups (broad SMARTS) is 1. The molecule has 1 fully saturated rings. The Labute approximate surface area is 238 Å². The molecular formula is C26H25N3O10S2. The quantitative estimate of drug-likeness (QED) is 0.170. The molecule has 4 N–H and O–H groups in total. The predicted molar refractivity (Wildman–Crippen MR) is 144 cm³/mol. The minimum absolute atomic E-state index is 0.0271. The molecule has 0 bridgehead atoms. The van der Waals surface area contributed by atoms with Crippen LogP contribution in [0.3, 0.4) is 0 Å². The van der Waals surface area contributed by atoms with Crippen molar-refractivity contribution in [3.8, 4) is 0 Å². The molecule has 0 aliphatic carbocycles. The number of benzene rings is 2. The van der Waals surface area contributed by atoms with Crippen molar-refractivity contribution in [2.24, 2.45) is 0 Å². The Morgan fingerprint density at radius 2 is 1.61 bits per heavy atom. The first kappa shape index (κ1) is 29.8. The molecule has 1 saturated heterocycles. The minimum atomic E-state index is -4.94. The van der Waals surface area contributed by atoms with Gasteiger partial charge in [0.15, 0.2) is 5.25 Å². The molecule has 2 heterocycles. The molecule has 2 aliphatic heterocycles. The van der Waals surface area contributed by atoms with Gasteiger partial charge in [-0.15, -0.1) is 11.8 Å². The van der Waals surface area contributed by atoms with Gasteiger partial charge >= 0.3 is 11.9 Å². The van der Waals surface area contributed by atoms with Crippen molar-refractivity contribution in [3.63, 3.8) is 0 Å². The van der Waals surface area contributed by atoms with Crippen molar-refractivity contribution in [1.82, 2.24) is 15.5 Å². The highest BCUT2D eigenvalue weighted by Gasteiger charge is 2.54. The van der Waals surface area contributed by atoms with Crippen molar-refractivity contribution in [2.45, 2.75) is 29.6 Å². The molecule has 41 heavy (non-hydrogen) atoms. The summed E-state index contributed by atoms with van der Waals surface area (Å²) in [6.07, 6.45) is 0. The molecule has 0 spiro atoms. The molecule has 4 rings (SSSR count). The summed E-state index contributed by atoms with van der Waals surface area (Å²) in [6, 6.07) is 12.4. The third-order valence-corrected chi connectivity index (χ3v) is 8.74. The van der Waals surface area contributed by atoms with E-state index in [1.54, 1.807) is 24.3 Å². The SMILES string of the molecule is CC(=O)OCC1=C(C(=O)O)N2C(=O)[C@@H](NC(=O)[C@@H](NC(=O)C(c3ccccc3)S(=O)(=O)O)c3ccccc3)[C@H]2SC1. The van der Waals surface area contributed by atoms with Crippen LogP contribution in [0.2, 0.25) is 0 Å². The first-order chi connectivity index (χ1) is 19.4. The van der Waals surface area contributed by atoms with E-state index in [2.05, 4.69) is 10.6 Å². The van der Waals surface area contributed by atoms with Gasteiger partial charge in [-0.05, 0) is 11.1 Å². The van der Waals surface area contributed by atoms with Crippen LogP contribution in [0.15, 0.2) is 71.9 Å². The number of rotatable bonds is 10. The Kier molecular flexibility index (Phi) is 8.80. The number of amides is 3. The van der Waals surface area contributed by atoms with Crippen LogP contribution in [0.5, 0.6) is 0 Å². The van der Waals surface area contributed by atoms with Gasteiger partial charge in [0.1, 0.15) is 29.8 Å². The van der Waals surface area contributed by atoms with Gasteiger partial charge in [-0.25, -0.2) is 4.79 Å². The van der Waals surface area contributed by atoms with Crippen LogP contribution in [0.1, 0.15) is 29.3 Å². The monoisotopic (exact) mass is 603 g/mol. The first-order valence-corrected chi connectivity index (χ1v) is 14.7. The van der Waals surface area contributed by atoms with Gasteiger partial charge in [-0.1, -0.05) is 60.7 Å². The second-order valence-electron chi connectivity index (χ2n) is 9.09. The molecule has 2 aliphatic rings. The van der Waals surface area contributed by atoms with E-state index in [4.69, 9.17) is 4.74 Å². The Hall–Kier alpha value is -4.21. The topological polar surface area (TPSA) is 196 Å². The molecule has 0 saturated carbocycles. The maximum absolute atomic E-state index is 13.5. The maximum Gasteiger partial charge on any atom is 0.352 e. The van der Waals surface area contributed by atoms with Crippen LogP contribution in [-0.4, -0.2) is 76.4 Å². The number of esters is 1. The largest absolute Gasteiger partial charge is 0.477 e. The Balaban J connectivity index is 1.57. The number of nitrogens with zero attached hydrogens (tertiary/aromatic N) is 1. The van der Waals surface area contributed by atoms with Crippen LogP contribution in [0.25, 0.3) is 0 Å². The van der Waals surface area contributed by atoms with E-state index in [1.807, 2.05) is 0 Å². The lowest BCUT2D eigenvalue weighted by molar-refractivity contribution is -0.151. The summed E-state index contributed by atoms with van der Waals surface area (Å²) in [4.78, 5) is 63.8. The molecule has 0 radical (unpaired) electrons. The molecule has 0 aromatic heterocycles. The average Bonchev–Trinajstić information content (AvgIpc) is 2.93. The van der Waals surface area contributed by atoms with Crippen molar-refractivity contribution in [1.29, 1.82) is 0 Å². The van der Waals surface area contributed by atoms with E-state index < -0.39 is 62.5 Å². The highest BCUT2D eigenvalue weighted by molar-refractivity contribution is 8.00.